The number of benzene rings is 1. The van der Waals surface area contributed by atoms with Crippen molar-refractivity contribution in [3.05, 3.63) is 69.4 Å². The van der Waals surface area contributed by atoms with Crippen LogP contribution in [0.4, 0.5) is 0 Å². The van der Waals surface area contributed by atoms with Crippen LogP contribution in [-0.2, 0) is 6.54 Å². The van der Waals surface area contributed by atoms with Crippen molar-refractivity contribution in [2.45, 2.75) is 19.4 Å². The summed E-state index contributed by atoms with van der Waals surface area (Å²) in [7, 11) is 0. The molecule has 4 rings (SSSR count). The number of nitrogens with one attached hydrogen (secondary N) is 2. The summed E-state index contributed by atoms with van der Waals surface area (Å²) in [5, 5.41) is 40.8. The van der Waals surface area contributed by atoms with Gasteiger partial charge in [-0.3, -0.25) is 0 Å². The third-order valence-electron chi connectivity index (χ3n) is 6.44. The Kier molecular flexibility index (Phi) is 5.27. The van der Waals surface area contributed by atoms with Gasteiger partial charge in [-0.1, -0.05) is 30.3 Å². The van der Waals surface area contributed by atoms with Crippen LogP contribution in [0.2, 0.25) is 0 Å². The van der Waals surface area contributed by atoms with Gasteiger partial charge in [0.05, 0.1) is 37.0 Å². The zero-order valence-corrected chi connectivity index (χ0v) is 17.5. The molecule has 1 unspecified atom stereocenters. The molecule has 1 aromatic heterocycles. The van der Waals surface area contributed by atoms with Crippen molar-refractivity contribution in [3.8, 4) is 18.2 Å². The largest absolute Gasteiger partial charge is 0.327 e. The molecule has 2 heterocycles. The van der Waals surface area contributed by atoms with Crippen LogP contribution in [-0.4, -0.2) is 18.8 Å². The fourth-order valence-corrected chi connectivity index (χ4v) is 6.13. The summed E-state index contributed by atoms with van der Waals surface area (Å²) >= 11 is 1.54. The third kappa shape index (κ3) is 3.04. The van der Waals surface area contributed by atoms with E-state index in [0.29, 0.717) is 0 Å². The molecule has 2 aromatic rings. The number of quaternary nitrogens is 1. The zero-order valence-electron chi connectivity index (χ0n) is 16.7. The molecule has 1 fully saturated rings. The lowest BCUT2D eigenvalue weighted by Crippen LogP contribution is -3.12. The number of nitrogens with zero attached hydrogens (tertiary/aromatic N) is 3. The van der Waals surface area contributed by atoms with Crippen molar-refractivity contribution < 1.29 is 4.90 Å². The molecule has 2 aliphatic rings. The lowest BCUT2D eigenvalue weighted by Gasteiger charge is -2.46. The van der Waals surface area contributed by atoms with E-state index in [9.17, 15) is 15.8 Å². The van der Waals surface area contributed by atoms with Crippen LogP contribution in [0.15, 0.2) is 53.4 Å². The molecule has 1 saturated carbocycles. The van der Waals surface area contributed by atoms with E-state index in [1.54, 1.807) is 11.3 Å². The van der Waals surface area contributed by atoms with E-state index in [2.05, 4.69) is 36.4 Å². The van der Waals surface area contributed by atoms with Crippen LogP contribution >= 0.6 is 11.3 Å². The van der Waals surface area contributed by atoms with Gasteiger partial charge in [-0.25, -0.2) is 0 Å². The lowest BCUT2D eigenvalue weighted by atomic mass is 9.55. The van der Waals surface area contributed by atoms with E-state index in [4.69, 9.17) is 5.41 Å². The van der Waals surface area contributed by atoms with Gasteiger partial charge in [0.2, 0.25) is 0 Å². The molecule has 0 spiro atoms. The topological polar surface area (TPSA) is 99.7 Å². The first kappa shape index (κ1) is 20.0. The first-order valence-electron chi connectivity index (χ1n) is 9.98. The Morgan fingerprint density at radius 2 is 1.90 bits per heavy atom. The fraction of sp³-hybridized carbons (Fsp3) is 0.333. The highest BCUT2D eigenvalue weighted by molar-refractivity contribution is 7.10. The maximum Gasteiger partial charge on any atom is 0.190 e. The SMILES string of the molecule is Cc1ccsc1[C@@H]1[C@@H]2C[NH+](Cc3ccccc3)CC=C2[C@H](C#N)C(=N)C1(C#N)C#N. The van der Waals surface area contributed by atoms with Gasteiger partial charge in [0, 0.05) is 22.3 Å². The van der Waals surface area contributed by atoms with Crippen LogP contribution in [0, 0.1) is 63.6 Å². The summed E-state index contributed by atoms with van der Waals surface area (Å²) in [6.07, 6.45) is 2.09. The normalized spacial score (nSPS) is 27.1. The molecule has 30 heavy (non-hydrogen) atoms. The molecular formula is C24H22N5S+. The minimum absolute atomic E-state index is 0.0678. The second-order valence-electron chi connectivity index (χ2n) is 8.08. The number of nitriles is 3. The summed E-state index contributed by atoms with van der Waals surface area (Å²) in [4.78, 5) is 2.32. The van der Waals surface area contributed by atoms with Crippen molar-refractivity contribution in [1.82, 2.24) is 0 Å². The Balaban J connectivity index is 1.81. The highest BCUT2D eigenvalue weighted by Gasteiger charge is 2.59. The van der Waals surface area contributed by atoms with Gasteiger partial charge in [-0.2, -0.15) is 15.8 Å². The minimum atomic E-state index is -1.62. The highest BCUT2D eigenvalue weighted by atomic mass is 32.1. The number of hydrogen-bond donors (Lipinski definition) is 2. The first-order valence-corrected chi connectivity index (χ1v) is 10.9. The Morgan fingerprint density at radius 1 is 1.17 bits per heavy atom. The Hall–Kier alpha value is -3.24. The monoisotopic (exact) mass is 412 g/mol. The number of fused-ring (bicyclic) bond motifs is 1. The molecule has 148 valence electrons. The maximum absolute atomic E-state index is 10.1. The maximum atomic E-state index is 10.1. The van der Waals surface area contributed by atoms with Crippen LogP contribution in [0.3, 0.4) is 0 Å². The van der Waals surface area contributed by atoms with E-state index >= 15 is 0 Å². The second-order valence-corrected chi connectivity index (χ2v) is 9.03. The predicted octanol–water partition coefficient (Wildman–Crippen LogP) is 2.99. The van der Waals surface area contributed by atoms with Gasteiger partial charge in [0.1, 0.15) is 12.5 Å². The average molecular weight is 413 g/mol. The molecule has 1 aromatic carbocycles. The molecule has 4 atom stereocenters. The number of thiophene rings is 1. The molecule has 2 N–H and O–H groups in total. The van der Waals surface area contributed by atoms with Gasteiger partial charge < -0.3 is 10.3 Å². The van der Waals surface area contributed by atoms with Crippen LogP contribution in [0.5, 0.6) is 0 Å². The molecular weight excluding hydrogens is 390 g/mol. The van der Waals surface area contributed by atoms with Crippen molar-refractivity contribution >= 4 is 17.0 Å². The van der Waals surface area contributed by atoms with Gasteiger partial charge in [0.25, 0.3) is 0 Å². The molecule has 1 aliphatic heterocycles. The van der Waals surface area contributed by atoms with E-state index < -0.39 is 17.3 Å². The van der Waals surface area contributed by atoms with Gasteiger partial charge in [0.15, 0.2) is 5.41 Å². The van der Waals surface area contributed by atoms with Gasteiger partial charge in [-0.05, 0) is 35.6 Å². The van der Waals surface area contributed by atoms with E-state index in [0.717, 1.165) is 35.6 Å². The minimum Gasteiger partial charge on any atom is -0.327 e. The first-order chi connectivity index (χ1) is 14.6. The van der Waals surface area contributed by atoms with Crippen molar-refractivity contribution in [3.63, 3.8) is 0 Å². The Bertz CT molecular complexity index is 1110. The molecule has 6 heteroatoms. The lowest BCUT2D eigenvalue weighted by molar-refractivity contribution is -0.913. The standard InChI is InChI=1S/C24H21N5S/c1-16-8-10-30-22(16)21-20-13-29(12-17-5-3-2-4-6-17)9-7-18(20)19(11-25)23(28)24(21,14-26)15-27/h2-8,10,19-21,28H,9,12-13H2,1H3/p+1/t19-,20+,21-/m0/s1. The van der Waals surface area contributed by atoms with E-state index in [-0.39, 0.29) is 11.6 Å². The van der Waals surface area contributed by atoms with E-state index in [1.165, 1.54) is 10.5 Å². The molecule has 1 aliphatic carbocycles. The highest BCUT2D eigenvalue weighted by Crippen LogP contribution is 2.54. The molecule has 5 nitrogen and oxygen atoms in total. The molecule has 0 bridgehead atoms. The fourth-order valence-electron chi connectivity index (χ4n) is 4.97. The average Bonchev–Trinajstić information content (AvgIpc) is 3.19. The van der Waals surface area contributed by atoms with Crippen molar-refractivity contribution in [1.29, 1.82) is 21.2 Å². The zero-order chi connectivity index (χ0) is 21.3. The summed E-state index contributed by atoms with van der Waals surface area (Å²) < 4.78 is 0. The summed E-state index contributed by atoms with van der Waals surface area (Å²) in [6.45, 7) is 4.35. The van der Waals surface area contributed by atoms with Gasteiger partial charge in [-0.15, -0.1) is 11.3 Å². The molecule has 0 saturated heterocycles. The number of rotatable bonds is 3. The quantitative estimate of drug-likeness (QED) is 0.758. The second kappa shape index (κ2) is 7.88. The van der Waals surface area contributed by atoms with Crippen LogP contribution in [0.25, 0.3) is 0 Å². The summed E-state index contributed by atoms with van der Waals surface area (Å²) in [5.41, 5.74) is 1.51. The number of hydrogen-bond acceptors (Lipinski definition) is 5. The smallest absolute Gasteiger partial charge is 0.190 e. The van der Waals surface area contributed by atoms with E-state index in [1.807, 2.05) is 36.6 Å². The molecule has 0 amide bonds. The van der Waals surface area contributed by atoms with Crippen LogP contribution < -0.4 is 4.90 Å². The third-order valence-corrected chi connectivity index (χ3v) is 7.54. The Labute approximate surface area is 180 Å². The number of aryl methyl sites for hydroxylation is 1. The Morgan fingerprint density at radius 3 is 2.50 bits per heavy atom. The van der Waals surface area contributed by atoms with Crippen molar-refractivity contribution in [2.75, 3.05) is 13.1 Å². The van der Waals surface area contributed by atoms with Gasteiger partial charge >= 0.3 is 0 Å². The summed E-state index contributed by atoms with van der Waals surface area (Å²) in [5.74, 6) is -1.35. The predicted molar refractivity (Wildman–Crippen MR) is 115 cm³/mol. The molecule has 0 radical (unpaired) electrons. The van der Waals surface area contributed by atoms with Crippen molar-refractivity contribution in [2.24, 2.45) is 17.3 Å². The van der Waals surface area contributed by atoms with Crippen LogP contribution in [0.1, 0.15) is 21.9 Å². The summed E-state index contributed by atoms with van der Waals surface area (Å²) in [6, 6.07) is 18.9.